The Bertz CT molecular complexity index is 1190. The molecule has 0 bridgehead atoms. The molecule has 44 heavy (non-hydrogen) atoms. The van der Waals surface area contributed by atoms with E-state index in [-0.39, 0.29) is 40.6 Å². The Morgan fingerprint density at radius 2 is 1.09 bits per heavy atom. The van der Waals surface area contributed by atoms with E-state index in [4.69, 9.17) is 23.2 Å². The van der Waals surface area contributed by atoms with Crippen LogP contribution in [0.5, 0.6) is 0 Å². The maximum atomic E-state index is 13.5. The minimum atomic E-state index is -1.23. The summed E-state index contributed by atoms with van der Waals surface area (Å²) >= 11 is 16.3. The number of carboxylic acid groups (broad SMARTS) is 2. The smallest absolute Gasteiger partial charge is 0.327 e. The number of aliphatic carboxylic acids is 2. The average Bonchev–Trinajstić information content (AvgIpc) is 2.96. The zero-order chi connectivity index (χ0) is 32.6. The first-order valence-corrected chi connectivity index (χ1v) is 17.8. The number of amides is 2. The third kappa shape index (κ3) is 13.8. The molecule has 2 heterocycles. The highest BCUT2D eigenvalue weighted by molar-refractivity contribution is 8.00. The van der Waals surface area contributed by atoms with Crippen LogP contribution in [0.15, 0.2) is 34.8 Å². The largest absolute Gasteiger partial charge is 0.480 e. The van der Waals surface area contributed by atoms with Crippen molar-refractivity contribution in [2.45, 2.75) is 59.3 Å². The van der Waals surface area contributed by atoms with Gasteiger partial charge in [0.25, 0.3) is 0 Å². The van der Waals surface area contributed by atoms with Crippen LogP contribution < -0.4 is 10.6 Å². The third-order valence-electron chi connectivity index (χ3n) is 5.47. The summed E-state index contributed by atoms with van der Waals surface area (Å²) in [5.41, 5.74) is 0.856. The van der Waals surface area contributed by atoms with E-state index in [1.807, 2.05) is 0 Å². The molecular weight excluding hydrogens is 695 g/mol. The lowest BCUT2D eigenvalue weighted by molar-refractivity contribution is -0.141. The number of carbonyl (C=O) groups excluding carboxylic acids is 3. The summed E-state index contributed by atoms with van der Waals surface area (Å²) in [6.07, 6.45) is 5.84. The van der Waals surface area contributed by atoms with Crippen LogP contribution in [-0.4, -0.2) is 93.7 Å². The Labute approximate surface area is 280 Å². The monoisotopic (exact) mass is 724 g/mol. The second kappa shape index (κ2) is 19.9. The zero-order valence-electron chi connectivity index (χ0n) is 23.5. The van der Waals surface area contributed by atoms with Gasteiger partial charge in [-0.05, 0) is 0 Å². The normalized spacial score (nSPS) is 13.7. The number of rotatable bonds is 20. The number of nitrogens with zero attached hydrogens (tertiary/aromatic N) is 4. The van der Waals surface area contributed by atoms with Gasteiger partial charge in [-0.2, -0.15) is 0 Å². The van der Waals surface area contributed by atoms with Gasteiger partial charge in [-0.15, -0.1) is 46.7 Å². The van der Waals surface area contributed by atoms with Crippen molar-refractivity contribution in [3.63, 3.8) is 0 Å². The van der Waals surface area contributed by atoms with Gasteiger partial charge in [-0.3, -0.25) is 24.4 Å². The number of nitrogens with one attached hydrogen (secondary N) is 2. The van der Waals surface area contributed by atoms with E-state index in [0.717, 1.165) is 23.5 Å². The third-order valence-corrected chi connectivity index (χ3v) is 10.0. The predicted molar refractivity (Wildman–Crippen MR) is 172 cm³/mol. The molecule has 2 aromatic rings. The van der Waals surface area contributed by atoms with E-state index in [1.165, 1.54) is 62.2 Å². The van der Waals surface area contributed by atoms with Crippen molar-refractivity contribution in [2.24, 2.45) is 0 Å². The molecule has 0 saturated carbocycles. The van der Waals surface area contributed by atoms with Crippen molar-refractivity contribution in [3.05, 3.63) is 36.2 Å². The number of hydrogen-bond donors (Lipinski definition) is 4. The Morgan fingerprint density at radius 1 is 0.705 bits per heavy atom. The fourth-order valence-electron chi connectivity index (χ4n) is 3.51. The molecule has 2 unspecified atom stereocenters. The van der Waals surface area contributed by atoms with Crippen molar-refractivity contribution in [3.8, 4) is 0 Å². The topological polar surface area (TPSA) is 201 Å². The molecule has 2 amide bonds. The lowest BCUT2D eigenvalue weighted by atomic mass is 10.1. The van der Waals surface area contributed by atoms with Crippen molar-refractivity contribution >= 4 is 99.8 Å². The molecule has 0 aliphatic rings. The molecule has 0 aromatic carbocycles. The highest BCUT2D eigenvalue weighted by atomic mass is 35.5. The minimum absolute atomic E-state index is 0.0485. The first-order chi connectivity index (χ1) is 20.9. The quantitative estimate of drug-likeness (QED) is 0.114. The molecule has 0 aliphatic carbocycles. The van der Waals surface area contributed by atoms with Gasteiger partial charge < -0.3 is 20.8 Å². The molecular formula is C25H30Cl2N6O7S4. The van der Waals surface area contributed by atoms with E-state index in [2.05, 4.69) is 30.6 Å². The summed E-state index contributed by atoms with van der Waals surface area (Å²) in [5, 5.41) is 24.3. The van der Waals surface area contributed by atoms with E-state index < -0.39 is 46.3 Å². The van der Waals surface area contributed by atoms with Gasteiger partial charge in [-0.25, -0.2) is 19.6 Å². The number of hydrogen-bond acceptors (Lipinski definition) is 13. The van der Waals surface area contributed by atoms with Gasteiger partial charge in [0.1, 0.15) is 27.9 Å². The van der Waals surface area contributed by atoms with Crippen LogP contribution in [0.4, 0.5) is 0 Å². The summed E-state index contributed by atoms with van der Waals surface area (Å²) in [7, 11) is 0. The lowest BCUT2D eigenvalue weighted by Crippen LogP contribution is -2.41. The molecule has 0 saturated heterocycles. The van der Waals surface area contributed by atoms with E-state index in [1.54, 1.807) is 0 Å². The van der Waals surface area contributed by atoms with Gasteiger partial charge >= 0.3 is 11.9 Å². The molecule has 13 nitrogen and oxygen atoms in total. The maximum absolute atomic E-state index is 13.5. The number of aromatic nitrogens is 4. The van der Waals surface area contributed by atoms with E-state index >= 15 is 0 Å². The summed E-state index contributed by atoms with van der Waals surface area (Å²) in [5.74, 6) is -3.82. The number of alkyl halides is 2. The number of halogens is 2. The van der Waals surface area contributed by atoms with Crippen LogP contribution in [0, 0.1) is 0 Å². The first-order valence-electron chi connectivity index (χ1n) is 12.7. The number of carboxylic acids is 2. The van der Waals surface area contributed by atoms with Gasteiger partial charge in [0.2, 0.25) is 11.8 Å². The molecule has 4 N–H and O–H groups in total. The summed E-state index contributed by atoms with van der Waals surface area (Å²) < 4.78 is 0. The van der Waals surface area contributed by atoms with Crippen molar-refractivity contribution in [2.75, 3.05) is 21.9 Å². The Balaban J connectivity index is 2.30. The van der Waals surface area contributed by atoms with Crippen LogP contribution in [0.3, 0.4) is 0 Å². The average molecular weight is 726 g/mol. The van der Waals surface area contributed by atoms with Crippen molar-refractivity contribution in [1.82, 2.24) is 30.6 Å². The zero-order valence-corrected chi connectivity index (χ0v) is 28.3. The van der Waals surface area contributed by atoms with Crippen molar-refractivity contribution < 1.29 is 34.2 Å². The van der Waals surface area contributed by atoms with Gasteiger partial charge in [0.05, 0.1) is 57.1 Å². The molecule has 0 aliphatic heterocycles. The molecule has 4 atom stereocenters. The highest BCUT2D eigenvalue weighted by Crippen LogP contribution is 2.37. The van der Waals surface area contributed by atoms with E-state index in [0.29, 0.717) is 21.4 Å². The summed E-state index contributed by atoms with van der Waals surface area (Å²) in [6.45, 7) is 2.42. The Hall–Kier alpha value is -2.31. The second-order valence-corrected chi connectivity index (χ2v) is 14.5. The Morgan fingerprint density at radius 3 is 1.36 bits per heavy atom. The number of thioether (sulfide) groups is 4. The fraction of sp³-hybridized carbons (Fsp3) is 0.480. The lowest BCUT2D eigenvalue weighted by Gasteiger charge is -2.21. The Kier molecular flexibility index (Phi) is 17.2. The van der Waals surface area contributed by atoms with Gasteiger partial charge in [0, 0.05) is 38.2 Å². The minimum Gasteiger partial charge on any atom is -0.480 e. The van der Waals surface area contributed by atoms with Crippen LogP contribution in [0.2, 0.25) is 0 Å². The molecule has 2 rings (SSSR count). The number of ketones is 1. The molecule has 2 aromatic heterocycles. The standard InChI is InChI=1S/C25H30Cl2N6O7S4/c1-13(34)32-18(24(37)38)9-41-20(16-5-30-22(7-28-16)43-11-26)3-15(36)4-21(17-6-31-23(8-29-17)44-12-27)42-10-19(25(39)40)33-14(2)35/h5-8,18-21H,3-4,9-12H2,1-2H3,(H,32,34)(H,33,35)(H,37,38)(H,39,40)/t18-,19-,20?,21?/m0/s1. The predicted octanol–water partition coefficient (Wildman–Crippen LogP) is 3.62. The number of carbonyl (C=O) groups is 5. The first kappa shape index (κ1) is 37.9. The molecule has 0 spiro atoms. The molecule has 240 valence electrons. The summed E-state index contributed by atoms with van der Waals surface area (Å²) in [6, 6.07) is -2.39. The SMILES string of the molecule is CC(=O)N[C@@H](CSC(CC(=O)CC(SC[C@H](NC(C)=O)C(=O)O)c1cnc(SCCl)cn1)c1cnc(SCCl)cn1)C(=O)O. The van der Waals surface area contributed by atoms with E-state index in [9.17, 15) is 34.2 Å². The van der Waals surface area contributed by atoms with Crippen LogP contribution >= 0.6 is 70.2 Å². The van der Waals surface area contributed by atoms with Gasteiger partial charge in [-0.1, -0.05) is 23.5 Å². The second-order valence-electron chi connectivity index (χ2n) is 8.84. The molecule has 0 radical (unpaired) electrons. The fourth-order valence-corrected chi connectivity index (χ4v) is 7.40. The summed E-state index contributed by atoms with van der Waals surface area (Å²) in [4.78, 5) is 77.4. The maximum Gasteiger partial charge on any atom is 0.327 e. The highest BCUT2D eigenvalue weighted by Gasteiger charge is 2.28. The number of Topliss-reactive ketones (excluding diaryl/α,β-unsaturated/α-hetero) is 1. The van der Waals surface area contributed by atoms with Gasteiger partial charge in [0.15, 0.2) is 0 Å². The molecule has 0 fully saturated rings. The van der Waals surface area contributed by atoms with Crippen LogP contribution in [0.1, 0.15) is 48.6 Å². The molecule has 19 heteroatoms. The van der Waals surface area contributed by atoms with Crippen LogP contribution in [0.25, 0.3) is 0 Å². The van der Waals surface area contributed by atoms with Crippen molar-refractivity contribution in [1.29, 1.82) is 0 Å². The van der Waals surface area contributed by atoms with Crippen LogP contribution in [-0.2, 0) is 24.0 Å².